The SMILES string of the molecule is CC(C)(C)OC(=O)NCCC(O)C(O)c1ccc(C(N)=S)cc1. The quantitative estimate of drug-likeness (QED) is 0.587. The number of aliphatic hydroxyl groups excluding tert-OH is 2. The normalized spacial score (nSPS) is 14.0. The Labute approximate surface area is 141 Å². The van der Waals surface area contributed by atoms with E-state index in [-0.39, 0.29) is 18.0 Å². The fraction of sp³-hybridized carbons (Fsp3) is 0.500. The maximum Gasteiger partial charge on any atom is 0.407 e. The summed E-state index contributed by atoms with van der Waals surface area (Å²) in [6.07, 6.45) is -2.44. The van der Waals surface area contributed by atoms with Crippen molar-refractivity contribution >= 4 is 23.3 Å². The summed E-state index contributed by atoms with van der Waals surface area (Å²) in [5, 5.41) is 22.6. The van der Waals surface area contributed by atoms with Crippen LogP contribution in [0.15, 0.2) is 24.3 Å². The van der Waals surface area contributed by atoms with Crippen molar-refractivity contribution in [2.75, 3.05) is 6.54 Å². The number of nitrogens with two attached hydrogens (primary N) is 1. The number of alkyl carbamates (subject to hydrolysis) is 1. The monoisotopic (exact) mass is 340 g/mol. The van der Waals surface area contributed by atoms with Crippen LogP contribution in [0.25, 0.3) is 0 Å². The molecule has 5 N–H and O–H groups in total. The molecule has 7 heteroatoms. The lowest BCUT2D eigenvalue weighted by atomic mass is 10.0. The van der Waals surface area contributed by atoms with Crippen LogP contribution in [0.4, 0.5) is 4.79 Å². The van der Waals surface area contributed by atoms with E-state index in [1.54, 1.807) is 45.0 Å². The van der Waals surface area contributed by atoms with Crippen molar-refractivity contribution in [3.05, 3.63) is 35.4 Å². The van der Waals surface area contributed by atoms with Gasteiger partial charge in [-0.05, 0) is 32.8 Å². The lowest BCUT2D eigenvalue weighted by Gasteiger charge is -2.21. The first-order chi connectivity index (χ1) is 10.6. The van der Waals surface area contributed by atoms with E-state index >= 15 is 0 Å². The molecule has 1 aromatic rings. The summed E-state index contributed by atoms with van der Waals surface area (Å²) in [7, 11) is 0. The van der Waals surface area contributed by atoms with Crippen LogP contribution < -0.4 is 11.1 Å². The van der Waals surface area contributed by atoms with Crippen LogP contribution in [0.2, 0.25) is 0 Å². The Bertz CT molecular complexity index is 540. The van der Waals surface area contributed by atoms with E-state index in [1.807, 2.05) is 0 Å². The van der Waals surface area contributed by atoms with Crippen molar-refractivity contribution in [1.82, 2.24) is 5.32 Å². The molecule has 0 fully saturated rings. The maximum absolute atomic E-state index is 11.5. The standard InChI is InChI=1S/C16H24N2O4S/c1-16(2,3)22-15(21)18-9-8-12(19)13(20)10-4-6-11(7-5-10)14(17)23/h4-7,12-13,19-20H,8-9H2,1-3H3,(H2,17,23)(H,18,21). The average Bonchev–Trinajstić information content (AvgIpc) is 2.44. The third kappa shape index (κ3) is 6.94. The first-order valence-electron chi connectivity index (χ1n) is 7.33. The summed E-state index contributed by atoms with van der Waals surface area (Å²) in [5.41, 5.74) is 6.17. The Morgan fingerprint density at radius 3 is 2.35 bits per heavy atom. The van der Waals surface area contributed by atoms with Crippen molar-refractivity contribution in [3.8, 4) is 0 Å². The lowest BCUT2D eigenvalue weighted by Crippen LogP contribution is -2.34. The van der Waals surface area contributed by atoms with Gasteiger partial charge in [0.05, 0.1) is 6.10 Å². The van der Waals surface area contributed by atoms with Crippen LogP contribution in [0, 0.1) is 0 Å². The smallest absolute Gasteiger partial charge is 0.407 e. The number of hydrogen-bond donors (Lipinski definition) is 4. The fourth-order valence-corrected chi connectivity index (χ4v) is 2.00. The van der Waals surface area contributed by atoms with Gasteiger partial charge in [0.15, 0.2) is 0 Å². The highest BCUT2D eigenvalue weighted by Gasteiger charge is 2.20. The number of thiocarbonyl (C=S) groups is 1. The molecule has 0 aliphatic heterocycles. The van der Waals surface area contributed by atoms with Crippen molar-refractivity contribution in [2.24, 2.45) is 5.73 Å². The zero-order valence-electron chi connectivity index (χ0n) is 13.6. The molecule has 0 aliphatic rings. The second-order valence-electron chi connectivity index (χ2n) is 6.22. The molecule has 0 radical (unpaired) electrons. The molecule has 0 heterocycles. The first kappa shape index (κ1) is 19.3. The molecule has 0 aliphatic carbocycles. The third-order valence-corrected chi connectivity index (χ3v) is 3.25. The number of ether oxygens (including phenoxy) is 1. The molecule has 0 aromatic heterocycles. The molecule has 23 heavy (non-hydrogen) atoms. The molecule has 128 valence electrons. The number of carbonyl (C=O) groups is 1. The second-order valence-corrected chi connectivity index (χ2v) is 6.66. The topological polar surface area (TPSA) is 105 Å². The third-order valence-electron chi connectivity index (χ3n) is 3.01. The Morgan fingerprint density at radius 2 is 1.87 bits per heavy atom. The van der Waals surface area contributed by atoms with E-state index in [0.717, 1.165) is 0 Å². The van der Waals surface area contributed by atoms with Crippen molar-refractivity contribution in [3.63, 3.8) is 0 Å². The largest absolute Gasteiger partial charge is 0.444 e. The van der Waals surface area contributed by atoms with Crippen LogP contribution in [0.3, 0.4) is 0 Å². The van der Waals surface area contributed by atoms with Gasteiger partial charge < -0.3 is 26.0 Å². The van der Waals surface area contributed by atoms with Crippen LogP contribution in [-0.2, 0) is 4.74 Å². The highest BCUT2D eigenvalue weighted by atomic mass is 32.1. The summed E-state index contributed by atoms with van der Waals surface area (Å²) in [5.74, 6) is 0. The van der Waals surface area contributed by atoms with Gasteiger partial charge in [0.1, 0.15) is 16.7 Å². The molecule has 1 rings (SSSR count). The summed E-state index contributed by atoms with van der Waals surface area (Å²) in [6.45, 7) is 5.49. The number of aliphatic hydroxyl groups is 2. The number of carbonyl (C=O) groups excluding carboxylic acids is 1. The Morgan fingerprint density at radius 1 is 1.30 bits per heavy atom. The van der Waals surface area contributed by atoms with E-state index in [4.69, 9.17) is 22.7 Å². The van der Waals surface area contributed by atoms with E-state index in [2.05, 4.69) is 5.32 Å². The number of rotatable bonds is 6. The fourth-order valence-electron chi connectivity index (χ4n) is 1.86. The molecule has 0 saturated heterocycles. The number of hydrogen-bond acceptors (Lipinski definition) is 5. The van der Waals surface area contributed by atoms with Gasteiger partial charge in [-0.1, -0.05) is 36.5 Å². The Hall–Kier alpha value is -1.70. The predicted molar refractivity (Wildman–Crippen MR) is 92.1 cm³/mol. The van der Waals surface area contributed by atoms with E-state index in [0.29, 0.717) is 11.1 Å². The van der Waals surface area contributed by atoms with E-state index in [9.17, 15) is 15.0 Å². The number of amides is 1. The van der Waals surface area contributed by atoms with Crippen LogP contribution in [0.1, 0.15) is 44.4 Å². The molecule has 2 atom stereocenters. The molecule has 0 bridgehead atoms. The summed E-state index contributed by atoms with van der Waals surface area (Å²) in [4.78, 5) is 11.8. The summed E-state index contributed by atoms with van der Waals surface area (Å²) in [6, 6.07) is 6.69. The van der Waals surface area contributed by atoms with E-state index < -0.39 is 23.9 Å². The van der Waals surface area contributed by atoms with Crippen molar-refractivity contribution < 1.29 is 19.7 Å². The Kier molecular flexibility index (Phi) is 6.93. The molecule has 2 unspecified atom stereocenters. The maximum atomic E-state index is 11.5. The molecule has 0 spiro atoms. The highest BCUT2D eigenvalue weighted by molar-refractivity contribution is 7.80. The van der Waals surface area contributed by atoms with Gasteiger partial charge in [0, 0.05) is 12.1 Å². The summed E-state index contributed by atoms with van der Waals surface area (Å²) < 4.78 is 5.08. The van der Waals surface area contributed by atoms with Crippen LogP contribution in [0.5, 0.6) is 0 Å². The van der Waals surface area contributed by atoms with Gasteiger partial charge >= 0.3 is 6.09 Å². The summed E-state index contributed by atoms with van der Waals surface area (Å²) >= 11 is 4.86. The zero-order chi connectivity index (χ0) is 17.6. The van der Waals surface area contributed by atoms with Crippen molar-refractivity contribution in [1.29, 1.82) is 0 Å². The average molecular weight is 340 g/mol. The Balaban J connectivity index is 2.46. The number of nitrogens with one attached hydrogen (secondary N) is 1. The molecular formula is C16H24N2O4S. The predicted octanol–water partition coefficient (Wildman–Crippen LogP) is 1.63. The number of benzene rings is 1. The van der Waals surface area contributed by atoms with E-state index in [1.165, 1.54) is 0 Å². The second kappa shape index (κ2) is 8.24. The highest BCUT2D eigenvalue weighted by Crippen LogP contribution is 2.19. The minimum absolute atomic E-state index is 0.192. The van der Waals surface area contributed by atoms with Gasteiger partial charge in [-0.15, -0.1) is 0 Å². The van der Waals surface area contributed by atoms with Gasteiger partial charge in [-0.3, -0.25) is 0 Å². The molecule has 6 nitrogen and oxygen atoms in total. The lowest BCUT2D eigenvalue weighted by molar-refractivity contribution is 0.0123. The molecule has 1 amide bonds. The van der Waals surface area contributed by atoms with Gasteiger partial charge in [-0.2, -0.15) is 0 Å². The zero-order valence-corrected chi connectivity index (χ0v) is 14.4. The van der Waals surface area contributed by atoms with Crippen LogP contribution in [-0.4, -0.2) is 39.5 Å². The van der Waals surface area contributed by atoms with Crippen LogP contribution >= 0.6 is 12.2 Å². The minimum atomic E-state index is -1.06. The van der Waals surface area contributed by atoms with Gasteiger partial charge in [0.25, 0.3) is 0 Å². The van der Waals surface area contributed by atoms with Gasteiger partial charge in [0.2, 0.25) is 0 Å². The molecule has 0 saturated carbocycles. The van der Waals surface area contributed by atoms with Gasteiger partial charge in [-0.25, -0.2) is 4.79 Å². The van der Waals surface area contributed by atoms with Crippen molar-refractivity contribution in [2.45, 2.75) is 45.0 Å². The first-order valence-corrected chi connectivity index (χ1v) is 7.73. The molecule has 1 aromatic carbocycles. The molecular weight excluding hydrogens is 316 g/mol. The minimum Gasteiger partial charge on any atom is -0.444 e.